The maximum absolute atomic E-state index is 6.74. The molecule has 3 aliphatic rings. The Bertz CT molecular complexity index is 2620. The van der Waals surface area contributed by atoms with E-state index in [2.05, 4.69) is 180 Å². The zero-order valence-electron chi connectivity index (χ0n) is 31.8. The van der Waals surface area contributed by atoms with Crippen molar-refractivity contribution in [3.05, 3.63) is 137 Å². The largest absolute Gasteiger partial charge is 0.499 e. The molecule has 2 N–H and O–H groups in total. The van der Waals surface area contributed by atoms with E-state index in [1.165, 1.54) is 16.7 Å². The number of rotatable bonds is 4. The number of hydrogen-bond donors (Lipinski definition) is 2. The van der Waals surface area contributed by atoms with E-state index in [1.807, 2.05) is 0 Å². The van der Waals surface area contributed by atoms with Crippen molar-refractivity contribution in [2.24, 2.45) is 0 Å². The van der Waals surface area contributed by atoms with Crippen LogP contribution < -0.4 is 5.46 Å². The number of H-pyrrole nitrogens is 2. The minimum Gasteiger partial charge on any atom is -0.399 e. The van der Waals surface area contributed by atoms with Crippen LogP contribution in [0.5, 0.6) is 0 Å². The molecule has 6 nitrogen and oxygen atoms in total. The van der Waals surface area contributed by atoms with E-state index in [1.54, 1.807) is 0 Å². The molecule has 9 rings (SSSR count). The fourth-order valence-corrected chi connectivity index (χ4v) is 7.51. The Kier molecular flexibility index (Phi) is 8.00. The molecule has 0 radical (unpaired) electrons. The molecule has 0 spiro atoms. The molecule has 54 heavy (non-hydrogen) atoms. The number of nitrogens with one attached hydrogen (secondary N) is 2. The zero-order chi connectivity index (χ0) is 37.4. The molecule has 3 aliphatic heterocycles. The lowest BCUT2D eigenvalue weighted by molar-refractivity contribution is 0.00578. The molecule has 0 unspecified atom stereocenters. The predicted molar refractivity (Wildman–Crippen MR) is 225 cm³/mol. The number of benzene rings is 3. The van der Waals surface area contributed by atoms with Gasteiger partial charge in [0.15, 0.2) is 0 Å². The van der Waals surface area contributed by atoms with Gasteiger partial charge in [-0.15, -0.1) is 0 Å². The smallest absolute Gasteiger partial charge is 0.399 e. The molecule has 3 aromatic carbocycles. The fraction of sp³-hybridized carbons (Fsp3) is 0.191. The minimum absolute atomic E-state index is 0.537. The first-order chi connectivity index (χ1) is 25.9. The van der Waals surface area contributed by atoms with Crippen LogP contribution in [0, 0.1) is 20.8 Å². The first-order valence-corrected chi connectivity index (χ1v) is 18.7. The van der Waals surface area contributed by atoms with Crippen molar-refractivity contribution in [3.63, 3.8) is 0 Å². The van der Waals surface area contributed by atoms with Crippen LogP contribution in [-0.2, 0) is 9.31 Å². The number of fused-ring (bicyclic) bond motifs is 8. The standard InChI is InChI=1S/C47H43BN4O2/c1-28-8-14-31(15-9-28)42-34-20-22-36(49-34)43(32-16-10-29(2)11-17-32)38-24-26-40(51-38)45(48-53-46(4,5)47(6,7)54-48)41-27-25-39(52-41)44(37-23-21-35(42)50-37)33-18-12-30(3)13-19-33/h8-27,49,52H,1-7H3. The van der Waals surface area contributed by atoms with Gasteiger partial charge >= 0.3 is 7.12 Å². The second kappa shape index (κ2) is 12.7. The van der Waals surface area contributed by atoms with Gasteiger partial charge in [0.1, 0.15) is 0 Å². The van der Waals surface area contributed by atoms with Crippen LogP contribution in [0.15, 0.2) is 97.1 Å². The van der Waals surface area contributed by atoms with Crippen LogP contribution in [-0.4, -0.2) is 38.3 Å². The maximum Gasteiger partial charge on any atom is 0.499 e. The van der Waals surface area contributed by atoms with Gasteiger partial charge in [-0.05, 0) is 114 Å². The third-order valence-electron chi connectivity index (χ3n) is 11.3. The number of aromatic amines is 2. The van der Waals surface area contributed by atoms with Crippen LogP contribution in [0.4, 0.5) is 0 Å². The highest BCUT2D eigenvalue weighted by Gasteiger charge is 2.53. The molecular weight excluding hydrogens is 663 g/mol. The normalized spacial score (nSPS) is 15.6. The summed E-state index contributed by atoms with van der Waals surface area (Å²) in [7, 11) is -0.652. The summed E-state index contributed by atoms with van der Waals surface area (Å²) in [6, 6.07) is 34.6. The molecule has 7 heteroatoms. The highest BCUT2D eigenvalue weighted by molar-refractivity contribution is 6.65. The van der Waals surface area contributed by atoms with Crippen LogP contribution in [0.25, 0.3) is 79.8 Å². The average Bonchev–Trinajstić information content (AvgIpc) is 3.99. The summed E-state index contributed by atoms with van der Waals surface area (Å²) in [4.78, 5) is 18.4. The van der Waals surface area contributed by atoms with Gasteiger partial charge in [-0.25, -0.2) is 9.97 Å². The zero-order valence-corrected chi connectivity index (χ0v) is 31.8. The molecule has 266 valence electrons. The van der Waals surface area contributed by atoms with Crippen LogP contribution in [0.1, 0.15) is 67.2 Å². The quantitative estimate of drug-likeness (QED) is 0.179. The Labute approximate surface area is 316 Å². The van der Waals surface area contributed by atoms with E-state index >= 15 is 0 Å². The summed E-state index contributed by atoms with van der Waals surface area (Å²) in [5.41, 5.74) is 16.8. The van der Waals surface area contributed by atoms with Crippen molar-refractivity contribution in [2.75, 3.05) is 0 Å². The van der Waals surface area contributed by atoms with E-state index in [4.69, 9.17) is 19.3 Å². The molecule has 3 aromatic heterocycles. The highest BCUT2D eigenvalue weighted by Crippen LogP contribution is 2.39. The van der Waals surface area contributed by atoms with Gasteiger partial charge in [0.2, 0.25) is 0 Å². The lowest BCUT2D eigenvalue weighted by Crippen LogP contribution is -2.41. The third kappa shape index (κ3) is 5.85. The molecule has 6 aromatic rings. The van der Waals surface area contributed by atoms with Gasteiger partial charge in [-0.2, -0.15) is 0 Å². The fourth-order valence-electron chi connectivity index (χ4n) is 7.51. The predicted octanol–water partition coefficient (Wildman–Crippen LogP) is 10.9. The van der Waals surface area contributed by atoms with Crippen molar-refractivity contribution < 1.29 is 9.31 Å². The lowest BCUT2D eigenvalue weighted by atomic mass is 9.77. The maximum atomic E-state index is 6.74. The molecule has 0 aliphatic carbocycles. The third-order valence-corrected chi connectivity index (χ3v) is 11.3. The van der Waals surface area contributed by atoms with E-state index in [9.17, 15) is 0 Å². The van der Waals surface area contributed by atoms with Gasteiger partial charge in [0.05, 0.1) is 34.0 Å². The van der Waals surface area contributed by atoms with Crippen LogP contribution in [0.2, 0.25) is 0 Å². The number of hydrogen-bond acceptors (Lipinski definition) is 4. The Balaban J connectivity index is 1.44. The summed E-state index contributed by atoms with van der Waals surface area (Å²) in [5, 5.41) is 0. The minimum atomic E-state index is -0.652. The number of nitrogens with zero attached hydrogens (tertiary/aromatic N) is 2. The van der Waals surface area contributed by atoms with Crippen LogP contribution >= 0.6 is 0 Å². The van der Waals surface area contributed by atoms with E-state index in [-0.39, 0.29) is 0 Å². The molecule has 1 saturated heterocycles. The molecular formula is C47H43BN4O2. The van der Waals surface area contributed by atoms with Crippen molar-refractivity contribution >= 4 is 59.0 Å². The van der Waals surface area contributed by atoms with Gasteiger partial charge in [-0.3, -0.25) is 0 Å². The molecule has 1 fully saturated rings. The highest BCUT2D eigenvalue weighted by atomic mass is 16.7. The van der Waals surface area contributed by atoms with Crippen molar-refractivity contribution in [3.8, 4) is 33.4 Å². The topological polar surface area (TPSA) is 75.8 Å². The van der Waals surface area contributed by atoms with Crippen LogP contribution in [0.3, 0.4) is 0 Å². The summed E-state index contributed by atoms with van der Waals surface area (Å²) >= 11 is 0. The van der Waals surface area contributed by atoms with E-state index < -0.39 is 18.3 Å². The van der Waals surface area contributed by atoms with Crippen molar-refractivity contribution in [1.29, 1.82) is 0 Å². The summed E-state index contributed by atoms with van der Waals surface area (Å²) in [5.74, 6) is 0. The molecule has 6 heterocycles. The van der Waals surface area contributed by atoms with E-state index in [0.29, 0.717) is 0 Å². The molecule has 0 saturated carbocycles. The van der Waals surface area contributed by atoms with Gasteiger partial charge < -0.3 is 19.3 Å². The SMILES string of the molecule is Cc1ccc(-c2c3nc(c(-c4ccc(C)cc4)c4ccc([nH]4)c(-c4ccc(C)cc4)c4nc(c(B5OC(C)(C)C(C)(C)O5)c5ccc2[nH]5)C=C4)C=C3)cc1. The average molecular weight is 707 g/mol. The van der Waals surface area contributed by atoms with Gasteiger partial charge in [0.25, 0.3) is 0 Å². The van der Waals surface area contributed by atoms with E-state index in [0.717, 1.165) is 83.7 Å². The number of aromatic nitrogens is 4. The Hall–Kier alpha value is -5.76. The number of aryl methyl sites for hydroxylation is 3. The summed E-state index contributed by atoms with van der Waals surface area (Å²) in [6.07, 6.45) is 8.47. The Morgan fingerprint density at radius 3 is 1.13 bits per heavy atom. The lowest BCUT2D eigenvalue weighted by Gasteiger charge is -2.32. The summed E-state index contributed by atoms with van der Waals surface area (Å²) in [6.45, 7) is 14.7. The Morgan fingerprint density at radius 2 is 0.741 bits per heavy atom. The monoisotopic (exact) mass is 706 g/mol. The second-order valence-corrected chi connectivity index (χ2v) is 15.7. The molecule has 8 bridgehead atoms. The second-order valence-electron chi connectivity index (χ2n) is 15.7. The van der Waals surface area contributed by atoms with Crippen molar-refractivity contribution in [1.82, 2.24) is 19.9 Å². The molecule has 0 atom stereocenters. The molecule has 0 amide bonds. The first kappa shape index (κ1) is 34.0. The van der Waals surface area contributed by atoms with Gasteiger partial charge in [0, 0.05) is 44.2 Å². The summed E-state index contributed by atoms with van der Waals surface area (Å²) < 4.78 is 13.5. The first-order valence-electron chi connectivity index (χ1n) is 18.7. The van der Waals surface area contributed by atoms with Gasteiger partial charge in [-0.1, -0.05) is 89.5 Å². The Morgan fingerprint density at radius 1 is 0.426 bits per heavy atom. The van der Waals surface area contributed by atoms with Crippen molar-refractivity contribution in [2.45, 2.75) is 59.7 Å².